The third kappa shape index (κ3) is 3.03. The number of benzene rings is 1. The van der Waals surface area contributed by atoms with Gasteiger partial charge < -0.3 is 9.57 Å². The smallest absolute Gasteiger partial charge is 0.345 e. The highest BCUT2D eigenvalue weighted by atomic mass is 16.7. The zero-order valence-corrected chi connectivity index (χ0v) is 17.3. The lowest BCUT2D eigenvalue weighted by Crippen LogP contribution is -2.41. The van der Waals surface area contributed by atoms with Crippen LogP contribution < -0.4 is 4.74 Å². The molecule has 0 fully saturated rings. The fourth-order valence-electron chi connectivity index (χ4n) is 3.30. The van der Waals surface area contributed by atoms with E-state index >= 15 is 0 Å². The molecule has 0 spiro atoms. The molecular weight excluding hydrogens is 342 g/mol. The maximum Gasteiger partial charge on any atom is 0.345 e. The van der Waals surface area contributed by atoms with Gasteiger partial charge in [0.05, 0.1) is 22.4 Å². The zero-order chi connectivity index (χ0) is 20.1. The lowest BCUT2D eigenvalue weighted by Gasteiger charge is -2.33. The second-order valence-corrected chi connectivity index (χ2v) is 8.23. The van der Waals surface area contributed by atoms with Crippen LogP contribution in [0, 0.1) is 26.2 Å². The Morgan fingerprint density at radius 2 is 1.81 bits per heavy atom. The average Bonchev–Trinajstić information content (AvgIpc) is 2.96. The molecule has 1 aromatic carbocycles. The van der Waals surface area contributed by atoms with Crippen LogP contribution in [0.4, 0.5) is 0 Å². The van der Waals surface area contributed by atoms with Gasteiger partial charge in [-0.05, 0) is 51.8 Å². The summed E-state index contributed by atoms with van der Waals surface area (Å²) >= 11 is 0. The van der Waals surface area contributed by atoms with E-state index in [0.29, 0.717) is 11.4 Å². The van der Waals surface area contributed by atoms with Crippen molar-refractivity contribution >= 4 is 11.7 Å². The van der Waals surface area contributed by atoms with Gasteiger partial charge in [-0.1, -0.05) is 25.1 Å². The molecule has 27 heavy (non-hydrogen) atoms. The number of rotatable bonds is 3. The van der Waals surface area contributed by atoms with Crippen molar-refractivity contribution in [3.63, 3.8) is 0 Å². The number of hydrogen-bond acceptors (Lipinski definition) is 5. The Labute approximate surface area is 160 Å². The normalized spacial score (nSPS) is 17.4. The van der Waals surface area contributed by atoms with Gasteiger partial charge in [0, 0.05) is 18.7 Å². The lowest BCUT2D eigenvalue weighted by atomic mass is 9.70. The fourth-order valence-corrected chi connectivity index (χ4v) is 3.30. The summed E-state index contributed by atoms with van der Waals surface area (Å²) in [5, 5.41) is 8.60. The van der Waals surface area contributed by atoms with E-state index in [1.165, 1.54) is 0 Å². The van der Waals surface area contributed by atoms with E-state index < -0.39 is 11.6 Å². The molecule has 0 atom stereocenters. The number of carbonyl (C=O) groups is 1. The SMILES string of the molecule is Cc1cc(OC(=O)c2ccc(C)c(C3=NOC(C)(C)C3(C)C)c2C)n(C)n1. The Balaban J connectivity index is 2.02. The van der Waals surface area contributed by atoms with Crippen molar-refractivity contribution in [2.24, 2.45) is 17.6 Å². The molecule has 0 saturated carbocycles. The fraction of sp³-hybridized carbons (Fsp3) is 0.476. The first-order chi connectivity index (χ1) is 12.5. The Bertz CT molecular complexity index is 952. The monoisotopic (exact) mass is 369 g/mol. The van der Waals surface area contributed by atoms with Gasteiger partial charge in [-0.15, -0.1) is 0 Å². The van der Waals surface area contributed by atoms with Crippen LogP contribution >= 0.6 is 0 Å². The van der Waals surface area contributed by atoms with Gasteiger partial charge >= 0.3 is 5.97 Å². The van der Waals surface area contributed by atoms with Crippen LogP contribution in [0.3, 0.4) is 0 Å². The molecule has 1 aromatic heterocycles. The van der Waals surface area contributed by atoms with Crippen molar-refractivity contribution in [1.82, 2.24) is 9.78 Å². The highest BCUT2D eigenvalue weighted by Gasteiger charge is 2.49. The minimum absolute atomic E-state index is 0.301. The molecule has 0 amide bonds. The standard InChI is InChI=1S/C21H27N3O3/c1-12-9-10-15(19(25)26-16-11-13(2)22-24(16)8)14(3)17(12)18-20(4,5)21(6,7)27-23-18/h9-11H,1-8H3. The molecule has 144 valence electrons. The topological polar surface area (TPSA) is 65.7 Å². The van der Waals surface area contributed by atoms with Gasteiger partial charge in [0.2, 0.25) is 5.88 Å². The molecule has 0 bridgehead atoms. The summed E-state index contributed by atoms with van der Waals surface area (Å²) < 4.78 is 7.13. The number of hydrogen-bond donors (Lipinski definition) is 0. The Morgan fingerprint density at radius 3 is 2.33 bits per heavy atom. The molecule has 0 N–H and O–H groups in total. The molecule has 0 unspecified atom stereocenters. The molecule has 0 saturated heterocycles. The summed E-state index contributed by atoms with van der Waals surface area (Å²) in [5.74, 6) is 0.00959. The van der Waals surface area contributed by atoms with Crippen molar-refractivity contribution in [2.75, 3.05) is 0 Å². The highest BCUT2D eigenvalue weighted by Crippen LogP contribution is 2.44. The number of esters is 1. The van der Waals surface area contributed by atoms with Gasteiger partial charge in [0.15, 0.2) is 0 Å². The number of aryl methyl sites for hydroxylation is 3. The van der Waals surface area contributed by atoms with E-state index in [1.54, 1.807) is 23.9 Å². The van der Waals surface area contributed by atoms with Gasteiger partial charge in [0.25, 0.3) is 0 Å². The average molecular weight is 369 g/mol. The van der Waals surface area contributed by atoms with Crippen LogP contribution in [0.25, 0.3) is 0 Å². The molecule has 2 heterocycles. The van der Waals surface area contributed by atoms with Gasteiger partial charge in [0.1, 0.15) is 5.60 Å². The number of nitrogens with zero attached hydrogens (tertiary/aromatic N) is 3. The van der Waals surface area contributed by atoms with Crippen molar-refractivity contribution in [3.8, 4) is 5.88 Å². The van der Waals surface area contributed by atoms with Crippen LogP contribution in [-0.4, -0.2) is 27.1 Å². The first-order valence-electron chi connectivity index (χ1n) is 9.06. The summed E-state index contributed by atoms with van der Waals surface area (Å²) in [5.41, 5.74) is 4.27. The predicted octanol–water partition coefficient (Wildman–Crippen LogP) is 4.10. The second kappa shape index (κ2) is 6.22. The van der Waals surface area contributed by atoms with Crippen molar-refractivity contribution in [3.05, 3.63) is 46.1 Å². The predicted molar refractivity (Wildman–Crippen MR) is 104 cm³/mol. The van der Waals surface area contributed by atoms with Crippen LogP contribution in [-0.2, 0) is 11.9 Å². The summed E-state index contributed by atoms with van der Waals surface area (Å²) in [7, 11) is 1.75. The third-order valence-corrected chi connectivity index (χ3v) is 5.75. The van der Waals surface area contributed by atoms with Crippen LogP contribution in [0.5, 0.6) is 5.88 Å². The number of oxime groups is 1. The molecule has 1 aliphatic heterocycles. The first-order valence-corrected chi connectivity index (χ1v) is 9.06. The van der Waals surface area contributed by atoms with Gasteiger partial charge in [-0.3, -0.25) is 0 Å². The minimum atomic E-state index is -0.427. The van der Waals surface area contributed by atoms with Crippen LogP contribution in [0.2, 0.25) is 0 Å². The number of ether oxygens (including phenoxy) is 1. The van der Waals surface area contributed by atoms with E-state index in [9.17, 15) is 4.79 Å². The molecule has 0 radical (unpaired) electrons. The molecule has 6 nitrogen and oxygen atoms in total. The minimum Gasteiger partial charge on any atom is -0.404 e. The van der Waals surface area contributed by atoms with Crippen molar-refractivity contribution in [1.29, 1.82) is 0 Å². The Morgan fingerprint density at radius 1 is 1.15 bits per heavy atom. The zero-order valence-electron chi connectivity index (χ0n) is 17.3. The van der Waals surface area contributed by atoms with Crippen molar-refractivity contribution in [2.45, 2.75) is 54.1 Å². The second-order valence-electron chi connectivity index (χ2n) is 8.23. The molecule has 1 aliphatic rings. The first kappa shape index (κ1) is 19.1. The maximum absolute atomic E-state index is 12.8. The summed E-state index contributed by atoms with van der Waals surface area (Å²) in [6, 6.07) is 5.47. The molecule has 2 aromatic rings. The highest BCUT2D eigenvalue weighted by molar-refractivity contribution is 6.09. The van der Waals surface area contributed by atoms with E-state index in [4.69, 9.17) is 9.57 Å². The van der Waals surface area contributed by atoms with Gasteiger partial charge in [-0.25, -0.2) is 9.48 Å². The van der Waals surface area contributed by atoms with E-state index in [1.807, 2.05) is 40.7 Å². The Kier molecular flexibility index (Phi) is 4.41. The van der Waals surface area contributed by atoms with Crippen LogP contribution in [0.1, 0.15) is 60.4 Å². The van der Waals surface area contributed by atoms with Gasteiger partial charge in [-0.2, -0.15) is 5.10 Å². The Hall–Kier alpha value is -2.63. The van der Waals surface area contributed by atoms with E-state index in [2.05, 4.69) is 24.1 Å². The summed E-state index contributed by atoms with van der Waals surface area (Å²) in [4.78, 5) is 18.5. The molecule has 3 rings (SSSR count). The van der Waals surface area contributed by atoms with E-state index in [0.717, 1.165) is 28.1 Å². The summed E-state index contributed by atoms with van der Waals surface area (Å²) in [6.45, 7) is 14.1. The quantitative estimate of drug-likeness (QED) is 0.764. The largest absolute Gasteiger partial charge is 0.404 e. The van der Waals surface area contributed by atoms with Crippen LogP contribution in [0.15, 0.2) is 23.4 Å². The lowest BCUT2D eigenvalue weighted by molar-refractivity contribution is -0.0409. The van der Waals surface area contributed by atoms with E-state index in [-0.39, 0.29) is 5.41 Å². The summed E-state index contributed by atoms with van der Waals surface area (Å²) in [6.07, 6.45) is 0. The number of aromatic nitrogens is 2. The molecule has 6 heteroatoms. The molecule has 0 aliphatic carbocycles. The molecular formula is C21H27N3O3. The maximum atomic E-state index is 12.8. The van der Waals surface area contributed by atoms with Crippen molar-refractivity contribution < 1.29 is 14.4 Å². The third-order valence-electron chi connectivity index (χ3n) is 5.75. The number of carbonyl (C=O) groups excluding carboxylic acids is 1.